The Balaban J connectivity index is 1.70. The normalized spacial score (nSPS) is 10.1. The van der Waals surface area contributed by atoms with Crippen molar-refractivity contribution in [3.05, 3.63) is 95.6 Å². The highest BCUT2D eigenvalue weighted by Crippen LogP contribution is 2.27. The molecule has 1 amide bonds. The molecular weight excluding hydrogens is 364 g/mol. The fourth-order valence-electron chi connectivity index (χ4n) is 2.97. The second kappa shape index (κ2) is 9.34. The maximum absolute atomic E-state index is 12.6. The van der Waals surface area contributed by atoms with E-state index in [1.165, 1.54) is 4.90 Å². The van der Waals surface area contributed by atoms with Gasteiger partial charge in [-0.15, -0.1) is 0 Å². The monoisotopic (exact) mass is 384 g/mol. The van der Waals surface area contributed by atoms with Crippen molar-refractivity contribution in [2.45, 2.75) is 6.54 Å². The third-order valence-corrected chi connectivity index (χ3v) is 4.50. The summed E-state index contributed by atoms with van der Waals surface area (Å²) in [6, 6.07) is 25.7. The van der Waals surface area contributed by atoms with Crippen LogP contribution in [0.15, 0.2) is 78.9 Å². The minimum absolute atomic E-state index is 0.294. The van der Waals surface area contributed by atoms with Gasteiger partial charge in [-0.2, -0.15) is 5.26 Å². The number of hydrogen-bond acceptors (Lipinski definition) is 4. The summed E-state index contributed by atoms with van der Waals surface area (Å²) >= 11 is 0. The first-order valence-electron chi connectivity index (χ1n) is 9.13. The smallest absolute Gasteiger partial charge is 0.339 e. The maximum atomic E-state index is 12.6. The number of amides is 1. The predicted octanol–water partition coefficient (Wildman–Crippen LogP) is 4.04. The van der Waals surface area contributed by atoms with Crippen LogP contribution in [0.3, 0.4) is 0 Å². The van der Waals surface area contributed by atoms with Crippen molar-refractivity contribution < 1.29 is 14.3 Å². The van der Waals surface area contributed by atoms with E-state index in [0.29, 0.717) is 28.8 Å². The van der Waals surface area contributed by atoms with Gasteiger partial charge in [-0.05, 0) is 23.3 Å². The van der Waals surface area contributed by atoms with Crippen molar-refractivity contribution in [3.8, 4) is 17.2 Å². The molecule has 144 valence electrons. The summed E-state index contributed by atoms with van der Waals surface area (Å²) in [5.41, 5.74) is 3.02. The molecule has 0 heterocycles. The van der Waals surface area contributed by atoms with E-state index >= 15 is 0 Å². The Morgan fingerprint density at radius 2 is 1.52 bits per heavy atom. The number of nitriles is 1. The molecule has 0 unspecified atom stereocenters. The first-order valence-corrected chi connectivity index (χ1v) is 9.13. The summed E-state index contributed by atoms with van der Waals surface area (Å²) in [4.78, 5) is 26.5. The van der Waals surface area contributed by atoms with Crippen LogP contribution >= 0.6 is 0 Å². The van der Waals surface area contributed by atoms with E-state index < -0.39 is 5.97 Å². The maximum Gasteiger partial charge on any atom is 0.339 e. The lowest BCUT2D eigenvalue weighted by atomic mass is 9.96. The minimum Gasteiger partial charge on any atom is -0.452 e. The molecule has 0 spiro atoms. The molecule has 0 fully saturated rings. The highest BCUT2D eigenvalue weighted by molar-refractivity contribution is 5.98. The van der Waals surface area contributed by atoms with Gasteiger partial charge < -0.3 is 9.64 Å². The number of hydrogen-bond donors (Lipinski definition) is 0. The van der Waals surface area contributed by atoms with Crippen LogP contribution in [0.4, 0.5) is 0 Å². The molecule has 0 radical (unpaired) electrons. The van der Waals surface area contributed by atoms with Crippen LogP contribution in [-0.4, -0.2) is 30.4 Å². The largest absolute Gasteiger partial charge is 0.452 e. The third-order valence-electron chi connectivity index (χ3n) is 4.50. The molecule has 3 aromatic rings. The summed E-state index contributed by atoms with van der Waals surface area (Å²) in [5.74, 6) is -0.896. The zero-order valence-electron chi connectivity index (χ0n) is 16.0. The Morgan fingerprint density at radius 1 is 0.897 bits per heavy atom. The lowest BCUT2D eigenvalue weighted by Gasteiger charge is -2.17. The van der Waals surface area contributed by atoms with Gasteiger partial charge >= 0.3 is 5.97 Å². The van der Waals surface area contributed by atoms with Gasteiger partial charge in [0.05, 0.1) is 17.2 Å². The van der Waals surface area contributed by atoms with Crippen LogP contribution in [-0.2, 0) is 16.1 Å². The van der Waals surface area contributed by atoms with Crippen molar-refractivity contribution in [2.75, 3.05) is 13.7 Å². The van der Waals surface area contributed by atoms with Crippen LogP contribution in [0.2, 0.25) is 0 Å². The summed E-state index contributed by atoms with van der Waals surface area (Å²) in [6.45, 7) is 0.0831. The molecule has 0 atom stereocenters. The van der Waals surface area contributed by atoms with Gasteiger partial charge in [0.15, 0.2) is 6.61 Å². The van der Waals surface area contributed by atoms with E-state index in [1.807, 2.05) is 30.3 Å². The van der Waals surface area contributed by atoms with E-state index in [0.717, 1.165) is 5.56 Å². The fourth-order valence-corrected chi connectivity index (χ4v) is 2.97. The summed E-state index contributed by atoms with van der Waals surface area (Å²) in [7, 11) is 1.67. The second-order valence-corrected chi connectivity index (χ2v) is 6.51. The number of carbonyl (C=O) groups is 2. The van der Waals surface area contributed by atoms with Crippen molar-refractivity contribution in [1.29, 1.82) is 5.26 Å². The average molecular weight is 384 g/mol. The Bertz CT molecular complexity index is 1050. The molecule has 0 saturated heterocycles. The summed E-state index contributed by atoms with van der Waals surface area (Å²) < 4.78 is 5.27. The topological polar surface area (TPSA) is 70.4 Å². The summed E-state index contributed by atoms with van der Waals surface area (Å²) in [5, 5.41) is 9.35. The Hall–Kier alpha value is -3.91. The first-order chi connectivity index (χ1) is 14.1. The zero-order valence-corrected chi connectivity index (χ0v) is 16.0. The molecule has 0 aliphatic heterocycles. The van der Waals surface area contributed by atoms with Crippen LogP contribution in [0.1, 0.15) is 21.5 Å². The average Bonchev–Trinajstić information content (AvgIpc) is 2.77. The lowest BCUT2D eigenvalue weighted by Crippen LogP contribution is -2.30. The Morgan fingerprint density at radius 3 is 2.24 bits per heavy atom. The summed E-state index contributed by atoms with van der Waals surface area (Å²) in [6.07, 6.45) is 0. The van der Waals surface area contributed by atoms with Gasteiger partial charge in [0.2, 0.25) is 0 Å². The minimum atomic E-state index is -0.602. The Labute approximate surface area is 169 Å². The number of ether oxygens (including phenoxy) is 1. The zero-order chi connectivity index (χ0) is 20.6. The molecule has 0 aliphatic rings. The van der Waals surface area contributed by atoms with Crippen LogP contribution < -0.4 is 0 Å². The SMILES string of the molecule is CN(Cc1ccccc1)C(=O)COC(=O)c1ccccc1-c1ccccc1C#N. The molecule has 5 nitrogen and oxygen atoms in total. The van der Waals surface area contributed by atoms with Gasteiger partial charge in [0.25, 0.3) is 5.91 Å². The molecule has 0 N–H and O–H groups in total. The number of benzene rings is 3. The number of carbonyl (C=O) groups excluding carboxylic acids is 2. The number of esters is 1. The van der Waals surface area contributed by atoms with Gasteiger partial charge in [0, 0.05) is 19.2 Å². The van der Waals surface area contributed by atoms with E-state index in [-0.39, 0.29) is 12.5 Å². The van der Waals surface area contributed by atoms with E-state index in [2.05, 4.69) is 6.07 Å². The van der Waals surface area contributed by atoms with E-state index in [9.17, 15) is 14.9 Å². The molecule has 0 bridgehead atoms. The first kappa shape index (κ1) is 19.8. The van der Waals surface area contributed by atoms with Gasteiger partial charge in [-0.3, -0.25) is 4.79 Å². The van der Waals surface area contributed by atoms with Gasteiger partial charge in [-0.25, -0.2) is 4.79 Å². The van der Waals surface area contributed by atoms with Crippen LogP contribution in [0.25, 0.3) is 11.1 Å². The number of rotatable bonds is 6. The molecule has 0 aliphatic carbocycles. The van der Waals surface area contributed by atoms with Gasteiger partial charge in [-0.1, -0.05) is 66.7 Å². The highest BCUT2D eigenvalue weighted by atomic mass is 16.5. The fraction of sp³-hybridized carbons (Fsp3) is 0.125. The standard InChI is InChI=1S/C24H20N2O3/c1-26(16-18-9-3-2-4-10-18)23(27)17-29-24(28)22-14-8-7-13-21(22)20-12-6-5-11-19(20)15-25/h2-14H,16-17H2,1H3. The van der Waals surface area contributed by atoms with Crippen LogP contribution in [0.5, 0.6) is 0 Å². The van der Waals surface area contributed by atoms with E-state index in [1.54, 1.807) is 55.6 Å². The molecule has 5 heteroatoms. The van der Waals surface area contributed by atoms with Crippen LogP contribution in [0, 0.1) is 11.3 Å². The molecular formula is C24H20N2O3. The van der Waals surface area contributed by atoms with Crippen molar-refractivity contribution in [1.82, 2.24) is 4.90 Å². The lowest BCUT2D eigenvalue weighted by molar-refractivity contribution is -0.133. The molecule has 0 saturated carbocycles. The van der Waals surface area contributed by atoms with E-state index in [4.69, 9.17) is 4.74 Å². The third kappa shape index (κ3) is 4.88. The Kier molecular flexibility index (Phi) is 6.39. The number of likely N-dealkylation sites (N-methyl/N-ethyl adjacent to an activating group) is 1. The predicted molar refractivity (Wildman–Crippen MR) is 110 cm³/mol. The van der Waals surface area contributed by atoms with Crippen molar-refractivity contribution in [2.24, 2.45) is 0 Å². The van der Waals surface area contributed by atoms with Crippen molar-refractivity contribution >= 4 is 11.9 Å². The quantitative estimate of drug-likeness (QED) is 0.602. The molecule has 29 heavy (non-hydrogen) atoms. The highest BCUT2D eigenvalue weighted by Gasteiger charge is 2.18. The van der Waals surface area contributed by atoms with Gasteiger partial charge in [0.1, 0.15) is 0 Å². The second-order valence-electron chi connectivity index (χ2n) is 6.51. The number of nitrogens with zero attached hydrogens (tertiary/aromatic N) is 2. The molecule has 3 rings (SSSR count). The molecule has 0 aromatic heterocycles. The molecule has 3 aromatic carbocycles. The van der Waals surface area contributed by atoms with Crippen molar-refractivity contribution in [3.63, 3.8) is 0 Å².